The number of urea groups is 1. The number of aromatic nitrogens is 3. The summed E-state index contributed by atoms with van der Waals surface area (Å²) in [5.74, 6) is 1.81. The van der Waals surface area contributed by atoms with Crippen LogP contribution in [0.15, 0.2) is 18.2 Å². The van der Waals surface area contributed by atoms with Crippen LogP contribution in [0.5, 0.6) is 0 Å². The first kappa shape index (κ1) is 15.4. The highest BCUT2D eigenvalue weighted by Crippen LogP contribution is 2.23. The van der Waals surface area contributed by atoms with Gasteiger partial charge in [0.25, 0.3) is 0 Å². The minimum Gasteiger partial charge on any atom is -0.333 e. The predicted molar refractivity (Wildman–Crippen MR) is 91.0 cm³/mol. The second-order valence-electron chi connectivity index (χ2n) is 6.53. The molecule has 7 heteroatoms. The van der Waals surface area contributed by atoms with Crippen molar-refractivity contribution in [1.29, 1.82) is 0 Å². The van der Waals surface area contributed by atoms with Crippen LogP contribution < -0.4 is 5.32 Å². The molecule has 0 bridgehead atoms. The summed E-state index contributed by atoms with van der Waals surface area (Å²) in [5, 5.41) is 8.30. The number of nitrogens with zero attached hydrogens (tertiary/aromatic N) is 4. The van der Waals surface area contributed by atoms with Gasteiger partial charge in [0.15, 0.2) is 0 Å². The van der Waals surface area contributed by atoms with Crippen LogP contribution in [0.25, 0.3) is 0 Å². The van der Waals surface area contributed by atoms with Gasteiger partial charge in [-0.05, 0) is 43.0 Å². The maximum atomic E-state index is 12.6. The molecule has 2 aliphatic heterocycles. The van der Waals surface area contributed by atoms with E-state index in [1.165, 1.54) is 11.1 Å². The summed E-state index contributed by atoms with van der Waals surface area (Å²) in [6.07, 6.45) is 2.61. The zero-order valence-corrected chi connectivity index (χ0v) is 14.4. The van der Waals surface area contributed by atoms with Crippen LogP contribution in [0.2, 0.25) is 5.02 Å². The van der Waals surface area contributed by atoms with E-state index in [9.17, 15) is 4.79 Å². The van der Waals surface area contributed by atoms with Gasteiger partial charge in [-0.25, -0.2) is 14.5 Å². The molecular weight excluding hydrogens is 326 g/mol. The van der Waals surface area contributed by atoms with Crippen LogP contribution >= 0.6 is 11.6 Å². The summed E-state index contributed by atoms with van der Waals surface area (Å²) < 4.78 is 1.91. The molecule has 0 aliphatic carbocycles. The maximum Gasteiger partial charge on any atom is 0.317 e. The van der Waals surface area contributed by atoms with Crippen molar-refractivity contribution in [3.05, 3.63) is 46.0 Å². The average Bonchev–Trinajstić information content (AvgIpc) is 2.93. The molecule has 0 saturated heterocycles. The summed E-state index contributed by atoms with van der Waals surface area (Å²) in [7, 11) is 0. The van der Waals surface area contributed by atoms with Gasteiger partial charge >= 0.3 is 6.03 Å². The number of rotatable bonds is 1. The van der Waals surface area contributed by atoms with Crippen molar-refractivity contribution in [3.63, 3.8) is 0 Å². The lowest BCUT2D eigenvalue weighted by molar-refractivity contribution is 0.184. The second-order valence-corrected chi connectivity index (χ2v) is 6.96. The van der Waals surface area contributed by atoms with E-state index in [1.54, 1.807) is 0 Å². The Labute approximate surface area is 145 Å². The Kier molecular flexibility index (Phi) is 3.92. The summed E-state index contributed by atoms with van der Waals surface area (Å²) in [5.41, 5.74) is 2.42. The third-order valence-corrected chi connectivity index (χ3v) is 4.99. The summed E-state index contributed by atoms with van der Waals surface area (Å²) in [6, 6.07) is 6.01. The normalized spacial score (nSPS) is 19.6. The van der Waals surface area contributed by atoms with Gasteiger partial charge in [-0.2, -0.15) is 5.10 Å². The molecule has 0 saturated carbocycles. The molecule has 126 valence electrons. The Morgan fingerprint density at radius 2 is 2.21 bits per heavy atom. The van der Waals surface area contributed by atoms with Crippen molar-refractivity contribution in [2.45, 2.75) is 45.3 Å². The van der Waals surface area contributed by atoms with Crippen LogP contribution in [-0.4, -0.2) is 38.3 Å². The molecule has 6 nitrogen and oxygen atoms in total. The van der Waals surface area contributed by atoms with Crippen molar-refractivity contribution in [3.8, 4) is 0 Å². The van der Waals surface area contributed by atoms with E-state index >= 15 is 0 Å². The van der Waals surface area contributed by atoms with Crippen LogP contribution in [0.1, 0.15) is 29.2 Å². The average molecular weight is 346 g/mol. The molecule has 0 fully saturated rings. The number of amides is 2. The minimum absolute atomic E-state index is 0.000822. The standard InChI is InChI=1S/C17H20ClN5O/c1-11-19-16-5-4-15(10-23(16)21-11)20-17(24)22-7-6-12-8-14(18)3-2-13(12)9-22/h2-3,8,15H,4-7,9-10H2,1H3,(H,20,24)/t15-/m1/s1. The lowest BCUT2D eigenvalue weighted by Crippen LogP contribution is -2.49. The van der Waals surface area contributed by atoms with Crippen LogP contribution in [0.4, 0.5) is 4.79 Å². The molecule has 0 unspecified atom stereocenters. The van der Waals surface area contributed by atoms with Crippen LogP contribution in [0, 0.1) is 6.92 Å². The summed E-state index contributed by atoms with van der Waals surface area (Å²) in [4.78, 5) is 18.9. The zero-order valence-electron chi connectivity index (χ0n) is 13.6. The van der Waals surface area contributed by atoms with Crippen molar-refractivity contribution in [1.82, 2.24) is 25.0 Å². The van der Waals surface area contributed by atoms with E-state index < -0.39 is 0 Å². The number of benzene rings is 1. The lowest BCUT2D eigenvalue weighted by Gasteiger charge is -2.32. The number of carbonyl (C=O) groups is 1. The number of fused-ring (bicyclic) bond motifs is 2. The van der Waals surface area contributed by atoms with Gasteiger partial charge in [-0.1, -0.05) is 17.7 Å². The number of hydrogen-bond acceptors (Lipinski definition) is 3. The predicted octanol–water partition coefficient (Wildman–Crippen LogP) is 2.32. The molecule has 24 heavy (non-hydrogen) atoms. The zero-order chi connectivity index (χ0) is 16.7. The fourth-order valence-electron chi connectivity index (χ4n) is 3.51. The van der Waals surface area contributed by atoms with Gasteiger partial charge < -0.3 is 10.2 Å². The molecule has 1 N–H and O–H groups in total. The quantitative estimate of drug-likeness (QED) is 0.862. The van der Waals surface area contributed by atoms with Gasteiger partial charge in [0.05, 0.1) is 12.6 Å². The molecule has 0 radical (unpaired) electrons. The Balaban J connectivity index is 1.40. The number of hydrogen-bond donors (Lipinski definition) is 1. The van der Waals surface area contributed by atoms with Crippen molar-refractivity contribution < 1.29 is 4.79 Å². The fourth-order valence-corrected chi connectivity index (χ4v) is 3.71. The monoisotopic (exact) mass is 345 g/mol. The molecule has 3 heterocycles. The first-order valence-corrected chi connectivity index (χ1v) is 8.69. The number of carbonyl (C=O) groups excluding carboxylic acids is 1. The first-order chi connectivity index (χ1) is 11.6. The molecule has 1 aromatic heterocycles. The smallest absolute Gasteiger partial charge is 0.317 e. The number of nitrogens with one attached hydrogen (secondary N) is 1. The highest BCUT2D eigenvalue weighted by atomic mass is 35.5. The van der Waals surface area contributed by atoms with Gasteiger partial charge in [0.1, 0.15) is 11.6 Å². The Morgan fingerprint density at radius 3 is 3.08 bits per heavy atom. The Morgan fingerprint density at radius 1 is 1.33 bits per heavy atom. The fraction of sp³-hybridized carbons (Fsp3) is 0.471. The van der Waals surface area contributed by atoms with Crippen LogP contribution in [-0.2, 0) is 25.9 Å². The van der Waals surface area contributed by atoms with E-state index in [1.807, 2.05) is 34.7 Å². The number of halogens is 1. The van der Waals surface area contributed by atoms with Crippen molar-refractivity contribution >= 4 is 17.6 Å². The lowest BCUT2D eigenvalue weighted by atomic mass is 10.00. The first-order valence-electron chi connectivity index (χ1n) is 8.31. The Bertz CT molecular complexity index is 787. The van der Waals surface area contributed by atoms with Gasteiger partial charge in [0, 0.05) is 24.5 Å². The molecular formula is C17H20ClN5O. The molecule has 0 spiro atoms. The maximum absolute atomic E-state index is 12.6. The number of aryl methyl sites for hydroxylation is 2. The SMILES string of the molecule is Cc1nc2n(n1)C[C@H](NC(=O)N1CCc3cc(Cl)ccc3C1)CC2. The highest BCUT2D eigenvalue weighted by Gasteiger charge is 2.26. The topological polar surface area (TPSA) is 63.1 Å². The molecule has 2 aromatic rings. The van der Waals surface area contributed by atoms with E-state index in [4.69, 9.17) is 11.6 Å². The summed E-state index contributed by atoms with van der Waals surface area (Å²) >= 11 is 6.04. The largest absolute Gasteiger partial charge is 0.333 e. The molecule has 2 amide bonds. The highest BCUT2D eigenvalue weighted by molar-refractivity contribution is 6.30. The van der Waals surface area contributed by atoms with Crippen molar-refractivity contribution in [2.75, 3.05) is 6.54 Å². The van der Waals surface area contributed by atoms with Crippen LogP contribution in [0.3, 0.4) is 0 Å². The van der Waals surface area contributed by atoms with Gasteiger partial charge in [-0.15, -0.1) is 0 Å². The van der Waals surface area contributed by atoms with E-state index in [0.717, 1.165) is 42.5 Å². The third-order valence-electron chi connectivity index (χ3n) is 4.76. The third kappa shape index (κ3) is 2.98. The van der Waals surface area contributed by atoms with E-state index in [-0.39, 0.29) is 12.1 Å². The summed E-state index contributed by atoms with van der Waals surface area (Å²) in [6.45, 7) is 3.95. The van der Waals surface area contributed by atoms with E-state index in [2.05, 4.69) is 15.4 Å². The van der Waals surface area contributed by atoms with Gasteiger partial charge in [0.2, 0.25) is 0 Å². The van der Waals surface area contributed by atoms with Gasteiger partial charge in [-0.3, -0.25) is 0 Å². The molecule has 1 aromatic carbocycles. The molecule has 4 rings (SSSR count). The van der Waals surface area contributed by atoms with E-state index in [0.29, 0.717) is 13.1 Å². The molecule has 1 atom stereocenters. The minimum atomic E-state index is 0.000822. The van der Waals surface area contributed by atoms with Crippen molar-refractivity contribution in [2.24, 2.45) is 0 Å². The molecule has 2 aliphatic rings. The second kappa shape index (κ2) is 6.09. The Hall–Kier alpha value is -2.08.